The number of nitrogens with zero attached hydrogens (tertiary/aromatic N) is 3. The van der Waals surface area contributed by atoms with Gasteiger partial charge in [-0.25, -0.2) is 4.39 Å². The van der Waals surface area contributed by atoms with Crippen molar-refractivity contribution >= 4 is 5.91 Å². The average Bonchev–Trinajstić information content (AvgIpc) is 3.08. The minimum atomic E-state index is -0.369. The summed E-state index contributed by atoms with van der Waals surface area (Å²) in [7, 11) is 3.66. The monoisotopic (exact) mass is 401 g/mol. The van der Waals surface area contributed by atoms with Crippen molar-refractivity contribution in [2.45, 2.75) is 38.3 Å². The molecule has 0 aromatic heterocycles. The van der Waals surface area contributed by atoms with Gasteiger partial charge >= 0.3 is 0 Å². The number of ether oxygens (including phenoxy) is 1. The predicted molar refractivity (Wildman–Crippen MR) is 111 cm³/mol. The molecule has 2 atom stereocenters. The quantitative estimate of drug-likeness (QED) is 0.727. The number of benzene rings is 1. The first-order chi connectivity index (χ1) is 14.0. The van der Waals surface area contributed by atoms with Gasteiger partial charge in [0.25, 0.3) is 0 Å². The number of rotatable bonds is 4. The van der Waals surface area contributed by atoms with Crippen LogP contribution in [-0.2, 0) is 11.3 Å². The molecule has 1 saturated heterocycles. The number of hydrogen-bond donors (Lipinski definition) is 0. The largest absolute Gasteiger partial charge is 0.497 e. The number of likely N-dealkylation sites (N-methyl/N-ethyl adjacent to an activating group) is 1. The topological polar surface area (TPSA) is 36.0 Å². The van der Waals surface area contributed by atoms with Crippen molar-refractivity contribution in [3.8, 4) is 5.75 Å². The number of fused-ring (bicyclic) bond motifs is 1. The zero-order valence-corrected chi connectivity index (χ0v) is 17.6. The molecule has 0 unspecified atom stereocenters. The maximum Gasteiger partial charge on any atom is 0.230 e. The van der Waals surface area contributed by atoms with Gasteiger partial charge in [0.15, 0.2) is 0 Å². The van der Waals surface area contributed by atoms with Crippen LogP contribution in [0.3, 0.4) is 0 Å². The highest BCUT2D eigenvalue weighted by atomic mass is 19.1. The Hall–Kier alpha value is -1.92. The Morgan fingerprint density at radius 3 is 2.76 bits per heavy atom. The van der Waals surface area contributed by atoms with Crippen LogP contribution in [0, 0.1) is 11.2 Å². The summed E-state index contributed by atoms with van der Waals surface area (Å²) in [6.07, 6.45) is 8.10. The lowest BCUT2D eigenvalue weighted by Gasteiger charge is -2.43. The molecule has 3 aliphatic rings. The van der Waals surface area contributed by atoms with Crippen LogP contribution in [-0.4, -0.2) is 73.5 Å². The molecule has 1 saturated carbocycles. The van der Waals surface area contributed by atoms with E-state index >= 15 is 0 Å². The van der Waals surface area contributed by atoms with E-state index < -0.39 is 0 Å². The number of piperazine rings is 1. The fourth-order valence-corrected chi connectivity index (χ4v) is 5.29. The van der Waals surface area contributed by atoms with Crippen LogP contribution in [0.2, 0.25) is 0 Å². The van der Waals surface area contributed by atoms with E-state index in [1.165, 1.54) is 6.07 Å². The molecule has 6 heteroatoms. The van der Waals surface area contributed by atoms with Crippen molar-refractivity contribution < 1.29 is 13.9 Å². The predicted octanol–water partition coefficient (Wildman–Crippen LogP) is 2.91. The molecule has 1 amide bonds. The Morgan fingerprint density at radius 1 is 1.24 bits per heavy atom. The average molecular weight is 402 g/mol. The molecule has 2 heterocycles. The zero-order chi connectivity index (χ0) is 20.4. The first-order valence-corrected chi connectivity index (χ1v) is 10.7. The number of allylic oxidation sites excluding steroid dienone is 1. The molecule has 0 N–H and O–H groups in total. The Bertz CT molecular complexity index is 775. The second-order valence-corrected chi connectivity index (χ2v) is 8.72. The number of carbonyl (C=O) groups is 1. The Labute approximate surface area is 173 Å². The molecule has 2 aliphatic heterocycles. The summed E-state index contributed by atoms with van der Waals surface area (Å²) in [4.78, 5) is 20.4. The van der Waals surface area contributed by atoms with Crippen LogP contribution in [0.1, 0.15) is 31.2 Å². The number of methoxy groups -OCH3 is 1. The van der Waals surface area contributed by atoms with Crippen LogP contribution in [0.5, 0.6) is 5.75 Å². The van der Waals surface area contributed by atoms with E-state index in [1.807, 2.05) is 12.1 Å². The van der Waals surface area contributed by atoms with Crippen LogP contribution < -0.4 is 4.74 Å². The van der Waals surface area contributed by atoms with Gasteiger partial charge in [0.1, 0.15) is 11.6 Å². The summed E-state index contributed by atoms with van der Waals surface area (Å²) in [5.41, 5.74) is 0.292. The second-order valence-electron chi connectivity index (χ2n) is 8.72. The van der Waals surface area contributed by atoms with E-state index in [0.29, 0.717) is 23.8 Å². The van der Waals surface area contributed by atoms with Crippen molar-refractivity contribution in [1.29, 1.82) is 0 Å². The van der Waals surface area contributed by atoms with Crippen LogP contribution >= 0.6 is 0 Å². The second kappa shape index (κ2) is 8.44. The van der Waals surface area contributed by atoms with Crippen LogP contribution in [0.4, 0.5) is 4.39 Å². The molecule has 1 aromatic carbocycles. The van der Waals surface area contributed by atoms with E-state index in [4.69, 9.17) is 4.74 Å². The third kappa shape index (κ3) is 3.92. The highest BCUT2D eigenvalue weighted by molar-refractivity contribution is 5.84. The lowest BCUT2D eigenvalue weighted by molar-refractivity contribution is -0.147. The van der Waals surface area contributed by atoms with E-state index in [1.54, 1.807) is 7.11 Å². The molecule has 29 heavy (non-hydrogen) atoms. The van der Waals surface area contributed by atoms with E-state index in [9.17, 15) is 9.18 Å². The summed E-state index contributed by atoms with van der Waals surface area (Å²) in [6, 6.07) is 5.22. The zero-order valence-electron chi connectivity index (χ0n) is 17.6. The summed E-state index contributed by atoms with van der Waals surface area (Å²) < 4.78 is 19.7. The molecule has 1 aliphatic carbocycles. The van der Waals surface area contributed by atoms with Crippen molar-refractivity contribution in [2.24, 2.45) is 5.41 Å². The smallest absolute Gasteiger partial charge is 0.230 e. The van der Waals surface area contributed by atoms with Gasteiger partial charge in [-0.15, -0.1) is 0 Å². The fourth-order valence-electron chi connectivity index (χ4n) is 5.29. The summed E-state index contributed by atoms with van der Waals surface area (Å²) in [5, 5.41) is 0. The number of carbonyl (C=O) groups excluding carboxylic acids is 1. The molecule has 5 nitrogen and oxygen atoms in total. The minimum Gasteiger partial charge on any atom is -0.497 e. The normalized spacial score (nSPS) is 28.2. The first-order valence-electron chi connectivity index (χ1n) is 10.7. The Morgan fingerprint density at radius 2 is 2.03 bits per heavy atom. The van der Waals surface area contributed by atoms with Gasteiger partial charge < -0.3 is 14.5 Å². The SMILES string of the molecule is COc1ccc(CN2CC=CC[C@@]3(C(=O)N4CCN(C)CC4)CCC[C@@H]23)c(F)c1. The van der Waals surface area contributed by atoms with Gasteiger partial charge in [0.05, 0.1) is 12.5 Å². The third-order valence-electron chi connectivity index (χ3n) is 7.02. The van der Waals surface area contributed by atoms with Gasteiger partial charge in [-0.05, 0) is 32.4 Å². The van der Waals surface area contributed by atoms with Crippen molar-refractivity contribution in [1.82, 2.24) is 14.7 Å². The number of halogens is 1. The summed E-state index contributed by atoms with van der Waals surface area (Å²) in [5.74, 6) is 0.592. The maximum absolute atomic E-state index is 14.6. The third-order valence-corrected chi connectivity index (χ3v) is 7.02. The molecule has 1 aromatic rings. The van der Waals surface area contributed by atoms with Crippen molar-refractivity contribution in [3.05, 3.63) is 41.7 Å². The molecular weight excluding hydrogens is 369 g/mol. The Kier molecular flexibility index (Phi) is 5.93. The molecule has 0 radical (unpaired) electrons. The minimum absolute atomic E-state index is 0.158. The lowest BCUT2D eigenvalue weighted by Crippen LogP contribution is -2.56. The van der Waals surface area contributed by atoms with Crippen LogP contribution in [0.15, 0.2) is 30.4 Å². The fraction of sp³-hybridized carbons (Fsp3) is 0.609. The standard InChI is InChI=1S/C23H32FN3O2/c1-25-12-14-26(15-13-25)22(28)23-9-3-4-11-27(21(23)6-5-10-23)17-18-7-8-19(29-2)16-20(18)24/h3-4,7-8,16,21H,5-6,9-15,17H2,1-2H3/t21-,23-/m1/s1. The lowest BCUT2D eigenvalue weighted by atomic mass is 9.77. The number of amides is 1. The van der Waals surface area contributed by atoms with Gasteiger partial charge in [0, 0.05) is 56.9 Å². The van der Waals surface area contributed by atoms with E-state index in [2.05, 4.69) is 33.9 Å². The molecule has 158 valence electrons. The van der Waals surface area contributed by atoms with Crippen molar-refractivity contribution in [3.63, 3.8) is 0 Å². The number of hydrogen-bond acceptors (Lipinski definition) is 4. The highest BCUT2D eigenvalue weighted by Crippen LogP contribution is 2.47. The molecular formula is C23H32FN3O2. The molecule has 0 bridgehead atoms. The van der Waals surface area contributed by atoms with Gasteiger partial charge in [-0.3, -0.25) is 9.69 Å². The summed E-state index contributed by atoms with van der Waals surface area (Å²) in [6.45, 7) is 4.75. The van der Waals surface area contributed by atoms with Gasteiger partial charge in [0.2, 0.25) is 5.91 Å². The first kappa shape index (κ1) is 20.4. The van der Waals surface area contributed by atoms with E-state index in [-0.39, 0.29) is 17.3 Å². The highest BCUT2D eigenvalue weighted by Gasteiger charge is 2.52. The van der Waals surface area contributed by atoms with Gasteiger partial charge in [-0.2, -0.15) is 0 Å². The van der Waals surface area contributed by atoms with Gasteiger partial charge in [-0.1, -0.05) is 24.6 Å². The maximum atomic E-state index is 14.6. The molecule has 2 fully saturated rings. The molecule has 4 rings (SSSR count). The Balaban J connectivity index is 1.57. The molecule has 0 spiro atoms. The van der Waals surface area contributed by atoms with Crippen molar-refractivity contribution in [2.75, 3.05) is 46.9 Å². The van der Waals surface area contributed by atoms with Crippen LogP contribution in [0.25, 0.3) is 0 Å². The summed E-state index contributed by atoms with van der Waals surface area (Å²) >= 11 is 0. The van der Waals surface area contributed by atoms with E-state index in [0.717, 1.165) is 58.4 Å².